The van der Waals surface area contributed by atoms with E-state index in [0.717, 1.165) is 0 Å². The number of carbonyl (C=O) groups excluding carboxylic acids is 2. The summed E-state index contributed by atoms with van der Waals surface area (Å²) in [7, 11) is 0. The van der Waals surface area contributed by atoms with Crippen LogP contribution < -0.4 is 5.73 Å². The van der Waals surface area contributed by atoms with E-state index in [1.165, 1.54) is 4.90 Å². The predicted octanol–water partition coefficient (Wildman–Crippen LogP) is -0.401. The number of amides is 2. The minimum atomic E-state index is -0.448. The number of thiocarbonyl (C=S) groups is 1. The van der Waals surface area contributed by atoms with Crippen molar-refractivity contribution in [3.05, 3.63) is 0 Å². The molecule has 2 N–H and O–H groups in total. The summed E-state index contributed by atoms with van der Waals surface area (Å²) in [6, 6.07) is 0. The molecule has 0 aliphatic carbocycles. The van der Waals surface area contributed by atoms with Gasteiger partial charge in [-0.05, 0) is 6.92 Å². The quantitative estimate of drug-likeness (QED) is 0.539. The molecular formula is C10H17N3O2S. The second-order valence-corrected chi connectivity index (χ2v) is 4.41. The maximum Gasteiger partial charge on any atom is 0.312 e. The van der Waals surface area contributed by atoms with E-state index < -0.39 is 11.8 Å². The van der Waals surface area contributed by atoms with Crippen LogP contribution in [-0.4, -0.2) is 52.8 Å². The van der Waals surface area contributed by atoms with Gasteiger partial charge in [0.2, 0.25) is 0 Å². The molecular weight excluding hydrogens is 226 g/mol. The number of likely N-dealkylation sites (N-methyl/N-ethyl adjacent to an activating group) is 1. The zero-order chi connectivity index (χ0) is 12.3. The van der Waals surface area contributed by atoms with Crippen molar-refractivity contribution < 1.29 is 9.59 Å². The van der Waals surface area contributed by atoms with Crippen LogP contribution in [0.15, 0.2) is 0 Å². The summed E-state index contributed by atoms with van der Waals surface area (Å²) in [5.74, 6) is -0.931. The van der Waals surface area contributed by atoms with E-state index in [1.807, 2.05) is 13.8 Å². The first-order chi connectivity index (χ1) is 7.47. The first-order valence-electron chi connectivity index (χ1n) is 5.34. The van der Waals surface area contributed by atoms with Crippen molar-refractivity contribution in [3.63, 3.8) is 0 Å². The monoisotopic (exact) mass is 243 g/mol. The smallest absolute Gasteiger partial charge is 0.312 e. The maximum absolute atomic E-state index is 11.7. The van der Waals surface area contributed by atoms with Crippen molar-refractivity contribution >= 4 is 29.0 Å². The fourth-order valence-electron chi connectivity index (χ4n) is 1.61. The molecule has 1 unspecified atom stereocenters. The van der Waals surface area contributed by atoms with Gasteiger partial charge in [0.25, 0.3) is 0 Å². The Bertz CT molecular complexity index is 319. The van der Waals surface area contributed by atoms with Crippen molar-refractivity contribution in [1.82, 2.24) is 9.80 Å². The maximum atomic E-state index is 11.7. The Morgan fingerprint density at radius 2 is 1.88 bits per heavy atom. The average molecular weight is 243 g/mol. The summed E-state index contributed by atoms with van der Waals surface area (Å²) in [4.78, 5) is 26.7. The molecule has 6 heteroatoms. The molecule has 0 aromatic rings. The first kappa shape index (κ1) is 12.9. The minimum absolute atomic E-state index is 0.0556. The molecule has 0 saturated carbocycles. The van der Waals surface area contributed by atoms with Crippen LogP contribution >= 0.6 is 12.2 Å². The standard InChI is InChI=1S/C10H17N3O2S/c1-3-12-4-5-13(10(15)9(12)14)6-7(2)8(11)16/h7H,3-6H2,1-2H3,(H2,11,16). The van der Waals surface area contributed by atoms with Gasteiger partial charge in [-0.1, -0.05) is 19.1 Å². The van der Waals surface area contributed by atoms with E-state index in [2.05, 4.69) is 0 Å². The van der Waals surface area contributed by atoms with E-state index in [9.17, 15) is 9.59 Å². The average Bonchev–Trinajstić information content (AvgIpc) is 2.25. The molecule has 1 fully saturated rings. The lowest BCUT2D eigenvalue weighted by atomic mass is 10.1. The largest absolute Gasteiger partial charge is 0.393 e. The number of carbonyl (C=O) groups is 2. The van der Waals surface area contributed by atoms with E-state index >= 15 is 0 Å². The van der Waals surface area contributed by atoms with Gasteiger partial charge < -0.3 is 15.5 Å². The zero-order valence-electron chi connectivity index (χ0n) is 9.60. The van der Waals surface area contributed by atoms with Crippen molar-refractivity contribution in [1.29, 1.82) is 0 Å². The van der Waals surface area contributed by atoms with Crippen LogP contribution in [0.3, 0.4) is 0 Å². The number of nitrogens with zero attached hydrogens (tertiary/aromatic N) is 2. The van der Waals surface area contributed by atoms with Gasteiger partial charge >= 0.3 is 11.8 Å². The van der Waals surface area contributed by atoms with E-state index in [4.69, 9.17) is 18.0 Å². The lowest BCUT2D eigenvalue weighted by molar-refractivity contribution is -0.156. The SMILES string of the molecule is CCN1CCN(CC(C)C(N)=S)C(=O)C1=O. The van der Waals surface area contributed by atoms with Gasteiger partial charge in [0.05, 0.1) is 4.99 Å². The van der Waals surface area contributed by atoms with Crippen molar-refractivity contribution in [2.24, 2.45) is 11.7 Å². The third kappa shape index (κ3) is 2.69. The third-order valence-corrected chi connectivity index (χ3v) is 3.16. The molecule has 1 saturated heterocycles. The van der Waals surface area contributed by atoms with Crippen molar-refractivity contribution in [2.75, 3.05) is 26.2 Å². The van der Waals surface area contributed by atoms with Gasteiger partial charge in [-0.15, -0.1) is 0 Å². The van der Waals surface area contributed by atoms with Crippen LogP contribution in [0.1, 0.15) is 13.8 Å². The minimum Gasteiger partial charge on any atom is -0.393 e. The molecule has 0 aromatic carbocycles. The first-order valence-corrected chi connectivity index (χ1v) is 5.75. The summed E-state index contributed by atoms with van der Waals surface area (Å²) < 4.78 is 0. The number of nitrogens with two attached hydrogens (primary N) is 1. The van der Waals surface area contributed by atoms with E-state index in [0.29, 0.717) is 31.2 Å². The lowest BCUT2D eigenvalue weighted by Crippen LogP contribution is -2.55. The molecule has 90 valence electrons. The molecule has 1 heterocycles. The second kappa shape index (κ2) is 5.25. The van der Waals surface area contributed by atoms with Gasteiger partial charge in [0, 0.05) is 32.1 Å². The van der Waals surface area contributed by atoms with Crippen molar-refractivity contribution in [2.45, 2.75) is 13.8 Å². The highest BCUT2D eigenvalue weighted by molar-refractivity contribution is 7.80. The Morgan fingerprint density at radius 3 is 2.38 bits per heavy atom. The highest BCUT2D eigenvalue weighted by Crippen LogP contribution is 2.08. The lowest BCUT2D eigenvalue weighted by Gasteiger charge is -2.34. The van der Waals surface area contributed by atoms with Crippen LogP contribution in [0.5, 0.6) is 0 Å². The van der Waals surface area contributed by atoms with Crippen LogP contribution in [0.2, 0.25) is 0 Å². The molecule has 1 aliphatic heterocycles. The molecule has 0 bridgehead atoms. The third-order valence-electron chi connectivity index (χ3n) is 2.76. The van der Waals surface area contributed by atoms with Crippen LogP contribution in [0.4, 0.5) is 0 Å². The van der Waals surface area contributed by atoms with Gasteiger partial charge in [-0.25, -0.2) is 0 Å². The second-order valence-electron chi connectivity index (χ2n) is 3.94. The Balaban J connectivity index is 2.62. The fourth-order valence-corrected chi connectivity index (χ4v) is 1.69. The summed E-state index contributed by atoms with van der Waals surface area (Å²) in [5, 5.41) is 0. The molecule has 1 rings (SSSR count). The molecule has 16 heavy (non-hydrogen) atoms. The number of hydrogen-bond donors (Lipinski definition) is 1. The van der Waals surface area contributed by atoms with Crippen LogP contribution in [0.25, 0.3) is 0 Å². The number of piperazine rings is 1. The molecule has 0 aromatic heterocycles. The normalized spacial score (nSPS) is 18.9. The van der Waals surface area contributed by atoms with Crippen LogP contribution in [0, 0.1) is 5.92 Å². The molecule has 0 radical (unpaired) electrons. The summed E-state index contributed by atoms with van der Waals surface area (Å²) in [6.07, 6.45) is 0. The van der Waals surface area contributed by atoms with Gasteiger partial charge in [-0.2, -0.15) is 0 Å². The van der Waals surface area contributed by atoms with E-state index in [1.54, 1.807) is 4.90 Å². The van der Waals surface area contributed by atoms with Gasteiger partial charge in [-0.3, -0.25) is 9.59 Å². The molecule has 2 amide bonds. The topological polar surface area (TPSA) is 66.6 Å². The highest BCUT2D eigenvalue weighted by atomic mass is 32.1. The van der Waals surface area contributed by atoms with E-state index in [-0.39, 0.29) is 5.92 Å². The molecule has 1 atom stereocenters. The Kier molecular flexibility index (Phi) is 4.23. The van der Waals surface area contributed by atoms with Gasteiger partial charge in [0.15, 0.2) is 0 Å². The highest BCUT2D eigenvalue weighted by Gasteiger charge is 2.32. The Morgan fingerprint density at radius 1 is 1.38 bits per heavy atom. The van der Waals surface area contributed by atoms with Crippen molar-refractivity contribution in [3.8, 4) is 0 Å². The van der Waals surface area contributed by atoms with Crippen LogP contribution in [-0.2, 0) is 9.59 Å². The molecule has 1 aliphatic rings. The summed E-state index contributed by atoms with van der Waals surface area (Å²) in [6.45, 7) is 5.86. The zero-order valence-corrected chi connectivity index (χ0v) is 10.4. The Labute approximate surface area is 101 Å². The fraction of sp³-hybridized carbons (Fsp3) is 0.700. The molecule has 0 spiro atoms. The molecule has 5 nitrogen and oxygen atoms in total. The van der Waals surface area contributed by atoms with Gasteiger partial charge in [0.1, 0.15) is 0 Å². The number of rotatable bonds is 4. The number of hydrogen-bond acceptors (Lipinski definition) is 3. The Hall–Kier alpha value is -1.17. The summed E-state index contributed by atoms with van der Waals surface area (Å²) in [5.41, 5.74) is 5.48. The predicted molar refractivity (Wildman–Crippen MR) is 64.8 cm³/mol. The summed E-state index contributed by atoms with van der Waals surface area (Å²) >= 11 is 4.85.